The van der Waals surface area contributed by atoms with Crippen LogP contribution in [0.1, 0.15) is 41.5 Å². The Morgan fingerprint density at radius 3 is 1.62 bits per heavy atom. The van der Waals surface area contributed by atoms with Crippen LogP contribution in [0.25, 0.3) is 0 Å². The molecule has 0 aromatic heterocycles. The molecule has 1 rings (SSSR count). The second kappa shape index (κ2) is 3.97. The van der Waals surface area contributed by atoms with Crippen molar-refractivity contribution in [2.24, 2.45) is 0 Å². The van der Waals surface area contributed by atoms with Gasteiger partial charge >= 0.3 is 0 Å². The van der Waals surface area contributed by atoms with Gasteiger partial charge in [-0.3, -0.25) is 4.90 Å². The summed E-state index contributed by atoms with van der Waals surface area (Å²) >= 11 is 0. The molecule has 1 saturated heterocycles. The molecule has 0 saturated carbocycles. The van der Waals surface area contributed by atoms with Crippen molar-refractivity contribution in [1.82, 2.24) is 10.2 Å². The molecule has 1 aliphatic rings. The van der Waals surface area contributed by atoms with E-state index in [1.807, 2.05) is 0 Å². The van der Waals surface area contributed by atoms with Crippen LogP contribution in [0.3, 0.4) is 0 Å². The van der Waals surface area contributed by atoms with Crippen LogP contribution in [-0.2, 0) is 0 Å². The van der Waals surface area contributed by atoms with Crippen molar-refractivity contribution in [3.63, 3.8) is 0 Å². The molecule has 0 amide bonds. The van der Waals surface area contributed by atoms with E-state index >= 15 is 0 Å². The summed E-state index contributed by atoms with van der Waals surface area (Å²) in [5, 5.41) is 3.62. The molecule has 1 heterocycles. The molecule has 4 unspecified atom stereocenters. The summed E-state index contributed by atoms with van der Waals surface area (Å²) in [6.45, 7) is 13.8. The van der Waals surface area contributed by atoms with E-state index < -0.39 is 0 Å². The van der Waals surface area contributed by atoms with Gasteiger partial charge in [-0.1, -0.05) is 0 Å². The average molecular weight is 184 g/mol. The lowest BCUT2D eigenvalue weighted by Crippen LogP contribution is -2.65. The molecule has 0 aromatic carbocycles. The first kappa shape index (κ1) is 11.0. The van der Waals surface area contributed by atoms with Crippen molar-refractivity contribution in [2.75, 3.05) is 0 Å². The van der Waals surface area contributed by atoms with E-state index in [2.05, 4.69) is 51.8 Å². The molecule has 0 spiro atoms. The van der Waals surface area contributed by atoms with Crippen molar-refractivity contribution in [3.8, 4) is 0 Å². The maximum Gasteiger partial charge on any atom is 0.0224 e. The van der Waals surface area contributed by atoms with Crippen LogP contribution in [0.15, 0.2) is 0 Å². The Bertz CT molecular complexity index is 153. The Morgan fingerprint density at radius 1 is 0.923 bits per heavy atom. The molecular formula is C11H24N2. The van der Waals surface area contributed by atoms with E-state index in [1.54, 1.807) is 0 Å². The van der Waals surface area contributed by atoms with Gasteiger partial charge in [0.15, 0.2) is 0 Å². The fraction of sp³-hybridized carbons (Fsp3) is 1.00. The Hall–Kier alpha value is -0.0800. The number of nitrogens with one attached hydrogen (secondary N) is 1. The van der Waals surface area contributed by atoms with Gasteiger partial charge < -0.3 is 5.32 Å². The highest BCUT2D eigenvalue weighted by Gasteiger charge is 2.34. The topological polar surface area (TPSA) is 15.3 Å². The Labute approximate surface area is 82.7 Å². The first-order chi connectivity index (χ1) is 5.95. The summed E-state index contributed by atoms with van der Waals surface area (Å²) in [7, 11) is 0. The number of rotatable bonds is 1. The third-order valence-corrected chi connectivity index (χ3v) is 3.51. The van der Waals surface area contributed by atoms with Gasteiger partial charge in [-0.2, -0.15) is 0 Å². The standard InChI is InChI=1S/C11H24N2/c1-7(2)13-10(5)8(3)12-9(4)11(13)6/h7-12H,1-6H3. The molecule has 0 bridgehead atoms. The first-order valence-electron chi connectivity index (χ1n) is 5.48. The van der Waals surface area contributed by atoms with Crippen LogP contribution in [0.2, 0.25) is 0 Å². The smallest absolute Gasteiger partial charge is 0.0224 e. The minimum atomic E-state index is 0.605. The molecule has 1 N–H and O–H groups in total. The highest BCUT2D eigenvalue weighted by atomic mass is 15.3. The van der Waals surface area contributed by atoms with Gasteiger partial charge in [-0.05, 0) is 41.5 Å². The minimum absolute atomic E-state index is 0.605. The Morgan fingerprint density at radius 2 is 1.31 bits per heavy atom. The van der Waals surface area contributed by atoms with E-state index in [4.69, 9.17) is 0 Å². The van der Waals surface area contributed by atoms with Crippen molar-refractivity contribution in [2.45, 2.75) is 71.8 Å². The Balaban J connectivity index is 2.76. The normalized spacial score (nSPS) is 42.7. The van der Waals surface area contributed by atoms with E-state index in [1.165, 1.54) is 0 Å². The number of hydrogen-bond acceptors (Lipinski definition) is 2. The second-order valence-corrected chi connectivity index (χ2v) is 4.77. The fourth-order valence-electron chi connectivity index (χ4n) is 2.52. The Kier molecular flexibility index (Phi) is 3.36. The maximum atomic E-state index is 3.62. The van der Waals surface area contributed by atoms with Crippen LogP contribution in [0, 0.1) is 0 Å². The molecular weight excluding hydrogens is 160 g/mol. The maximum absolute atomic E-state index is 3.62. The average Bonchev–Trinajstić information content (AvgIpc) is 2.01. The zero-order valence-electron chi connectivity index (χ0n) is 9.83. The summed E-state index contributed by atoms with van der Waals surface area (Å²) in [6, 6.07) is 3.15. The van der Waals surface area contributed by atoms with Gasteiger partial charge in [0.05, 0.1) is 0 Å². The predicted molar refractivity (Wildman–Crippen MR) is 58.0 cm³/mol. The number of piperazine rings is 1. The molecule has 1 aliphatic heterocycles. The van der Waals surface area contributed by atoms with Crippen LogP contribution in [-0.4, -0.2) is 35.1 Å². The van der Waals surface area contributed by atoms with Crippen molar-refractivity contribution in [1.29, 1.82) is 0 Å². The van der Waals surface area contributed by atoms with Crippen LogP contribution in [0.4, 0.5) is 0 Å². The predicted octanol–water partition coefficient (Wildman–Crippen LogP) is 1.85. The molecule has 2 nitrogen and oxygen atoms in total. The van der Waals surface area contributed by atoms with E-state index in [0.29, 0.717) is 30.2 Å². The second-order valence-electron chi connectivity index (χ2n) is 4.77. The lowest BCUT2D eigenvalue weighted by Gasteiger charge is -2.49. The van der Waals surface area contributed by atoms with Crippen molar-refractivity contribution in [3.05, 3.63) is 0 Å². The lowest BCUT2D eigenvalue weighted by molar-refractivity contribution is 0.0317. The SMILES string of the molecule is CC1NC(C)C(C)N(C(C)C)C1C. The van der Waals surface area contributed by atoms with Crippen molar-refractivity contribution < 1.29 is 0 Å². The molecule has 0 aliphatic carbocycles. The molecule has 13 heavy (non-hydrogen) atoms. The third kappa shape index (κ3) is 2.05. The van der Waals surface area contributed by atoms with Crippen molar-refractivity contribution >= 4 is 0 Å². The molecule has 4 atom stereocenters. The summed E-state index contributed by atoms with van der Waals surface area (Å²) in [6.07, 6.45) is 0. The largest absolute Gasteiger partial charge is 0.309 e. The zero-order chi connectivity index (χ0) is 10.2. The molecule has 1 fully saturated rings. The minimum Gasteiger partial charge on any atom is -0.309 e. The van der Waals surface area contributed by atoms with Gasteiger partial charge in [0, 0.05) is 30.2 Å². The summed E-state index contributed by atoms with van der Waals surface area (Å²) < 4.78 is 0. The third-order valence-electron chi connectivity index (χ3n) is 3.51. The van der Waals surface area contributed by atoms with Crippen LogP contribution in [0.5, 0.6) is 0 Å². The molecule has 78 valence electrons. The van der Waals surface area contributed by atoms with Crippen LogP contribution < -0.4 is 5.32 Å². The highest BCUT2D eigenvalue weighted by Crippen LogP contribution is 2.21. The summed E-state index contributed by atoms with van der Waals surface area (Å²) in [5.41, 5.74) is 0. The number of hydrogen-bond donors (Lipinski definition) is 1. The monoisotopic (exact) mass is 184 g/mol. The van der Waals surface area contributed by atoms with Gasteiger partial charge in [0.25, 0.3) is 0 Å². The molecule has 2 heteroatoms. The summed E-state index contributed by atoms with van der Waals surface area (Å²) in [4.78, 5) is 2.62. The molecule has 0 radical (unpaired) electrons. The van der Waals surface area contributed by atoms with E-state index in [0.717, 1.165) is 0 Å². The lowest BCUT2D eigenvalue weighted by atomic mass is 9.96. The van der Waals surface area contributed by atoms with Gasteiger partial charge in [0.2, 0.25) is 0 Å². The quantitative estimate of drug-likeness (QED) is 0.669. The van der Waals surface area contributed by atoms with Gasteiger partial charge in [-0.25, -0.2) is 0 Å². The van der Waals surface area contributed by atoms with Gasteiger partial charge in [0.1, 0.15) is 0 Å². The zero-order valence-corrected chi connectivity index (χ0v) is 9.83. The highest BCUT2D eigenvalue weighted by molar-refractivity contribution is 4.94. The fourth-order valence-corrected chi connectivity index (χ4v) is 2.52. The molecule has 0 aromatic rings. The number of nitrogens with zero attached hydrogens (tertiary/aromatic N) is 1. The van der Waals surface area contributed by atoms with E-state index in [-0.39, 0.29) is 0 Å². The summed E-state index contributed by atoms with van der Waals surface area (Å²) in [5.74, 6) is 0. The van der Waals surface area contributed by atoms with Crippen LogP contribution >= 0.6 is 0 Å². The van der Waals surface area contributed by atoms with E-state index in [9.17, 15) is 0 Å². The first-order valence-corrected chi connectivity index (χ1v) is 5.48. The van der Waals surface area contributed by atoms with Gasteiger partial charge in [-0.15, -0.1) is 0 Å².